The van der Waals surface area contributed by atoms with Crippen molar-refractivity contribution >= 4 is 23.4 Å². The number of rotatable bonds is 10. The van der Waals surface area contributed by atoms with Crippen LogP contribution in [0.25, 0.3) is 0 Å². The summed E-state index contributed by atoms with van der Waals surface area (Å²) >= 11 is 6.30. The van der Waals surface area contributed by atoms with Crippen molar-refractivity contribution in [3.8, 4) is 6.07 Å². The standard InChI is InChI=1S/C30H39ClN6O2/c1-29(2)38-17-24(39-29)7-8-33-26-21-9-19-10-22(26)13-30(11-19,12-21)18-36-27-23(14-32)16-35-28(37-27)34-15-20-5-3-4-6-25(20)31/h3-6,16,19,21-22,24,26,33H,7-13,15,17-18H2,1-2H3,(H2,34,35,36,37)/t19?,21-,22+,24-,26?,30?/m0/s1. The Morgan fingerprint density at radius 2 is 1.92 bits per heavy atom. The molecule has 5 aliphatic rings. The Balaban J connectivity index is 1.06. The zero-order valence-electron chi connectivity index (χ0n) is 22.9. The van der Waals surface area contributed by atoms with Gasteiger partial charge in [-0.25, -0.2) is 4.98 Å². The molecule has 0 amide bonds. The van der Waals surface area contributed by atoms with Gasteiger partial charge in [0, 0.05) is 24.2 Å². The van der Waals surface area contributed by atoms with Crippen molar-refractivity contribution in [2.75, 3.05) is 30.3 Å². The Morgan fingerprint density at radius 3 is 2.64 bits per heavy atom. The molecule has 4 aliphatic carbocycles. The van der Waals surface area contributed by atoms with Gasteiger partial charge in [0.05, 0.1) is 18.9 Å². The van der Waals surface area contributed by atoms with Gasteiger partial charge in [0.25, 0.3) is 0 Å². The van der Waals surface area contributed by atoms with Crippen molar-refractivity contribution in [2.45, 2.75) is 76.9 Å². The Labute approximate surface area is 236 Å². The van der Waals surface area contributed by atoms with E-state index in [4.69, 9.17) is 21.1 Å². The van der Waals surface area contributed by atoms with Gasteiger partial charge in [-0.3, -0.25) is 0 Å². The van der Waals surface area contributed by atoms with Crippen molar-refractivity contribution in [1.82, 2.24) is 15.3 Å². The van der Waals surface area contributed by atoms with E-state index < -0.39 is 5.79 Å². The van der Waals surface area contributed by atoms with Gasteiger partial charge in [0.2, 0.25) is 5.95 Å². The summed E-state index contributed by atoms with van der Waals surface area (Å²) in [6.07, 6.45) is 9.17. The van der Waals surface area contributed by atoms with Gasteiger partial charge in [-0.1, -0.05) is 29.8 Å². The first-order chi connectivity index (χ1) is 18.8. The van der Waals surface area contributed by atoms with Crippen LogP contribution >= 0.6 is 11.6 Å². The second-order valence-electron chi connectivity index (χ2n) is 12.6. The number of anilines is 2. The predicted octanol–water partition coefficient (Wildman–Crippen LogP) is 5.35. The second-order valence-corrected chi connectivity index (χ2v) is 13.0. The van der Waals surface area contributed by atoms with Crippen LogP contribution < -0.4 is 16.0 Å². The van der Waals surface area contributed by atoms with Crippen molar-refractivity contribution in [1.29, 1.82) is 5.26 Å². The molecule has 1 aromatic carbocycles. The van der Waals surface area contributed by atoms with Crippen LogP contribution in [0.1, 0.15) is 63.5 Å². The molecule has 1 aliphatic heterocycles. The normalized spacial score (nSPS) is 32.2. The summed E-state index contributed by atoms with van der Waals surface area (Å²) in [5.74, 6) is 2.89. The van der Waals surface area contributed by atoms with Crippen molar-refractivity contribution in [2.24, 2.45) is 23.2 Å². The lowest BCUT2D eigenvalue weighted by Gasteiger charge is -2.60. The monoisotopic (exact) mass is 550 g/mol. The first-order valence-electron chi connectivity index (χ1n) is 14.3. The SMILES string of the molecule is CC1(C)OC[C@H](CCNC2[C@@H]3CC4C[C@H]2CC(CNc2nc(NCc5ccccc5Cl)ncc2C#N)(C4)C3)O1. The summed E-state index contributed by atoms with van der Waals surface area (Å²) in [5.41, 5.74) is 1.72. The van der Waals surface area contributed by atoms with E-state index in [0.29, 0.717) is 53.4 Å². The number of nitriles is 1. The first kappa shape index (κ1) is 26.8. The second kappa shape index (κ2) is 10.9. The van der Waals surface area contributed by atoms with E-state index in [0.717, 1.165) is 31.0 Å². The number of hydrogen-bond donors (Lipinski definition) is 3. The molecule has 208 valence electrons. The molecule has 2 aromatic rings. The lowest BCUT2D eigenvalue weighted by molar-refractivity contribution is -0.139. The quantitative estimate of drug-likeness (QED) is 0.363. The van der Waals surface area contributed by atoms with Gasteiger partial charge < -0.3 is 25.4 Å². The molecule has 7 rings (SSSR count). The topological polar surface area (TPSA) is 104 Å². The molecule has 3 N–H and O–H groups in total. The van der Waals surface area contributed by atoms with Crippen LogP contribution in [0, 0.1) is 34.5 Å². The molecule has 39 heavy (non-hydrogen) atoms. The van der Waals surface area contributed by atoms with Crippen LogP contribution in [-0.2, 0) is 16.0 Å². The summed E-state index contributed by atoms with van der Waals surface area (Å²) in [6, 6.07) is 10.6. The highest BCUT2D eigenvalue weighted by molar-refractivity contribution is 6.31. The number of nitrogens with one attached hydrogen (secondary N) is 3. The smallest absolute Gasteiger partial charge is 0.224 e. The van der Waals surface area contributed by atoms with Gasteiger partial charge in [-0.15, -0.1) is 0 Å². The number of hydrogen-bond acceptors (Lipinski definition) is 8. The fourth-order valence-electron chi connectivity index (χ4n) is 7.83. The van der Waals surface area contributed by atoms with Crippen molar-refractivity contribution < 1.29 is 9.47 Å². The van der Waals surface area contributed by atoms with Crippen LogP contribution in [0.4, 0.5) is 11.8 Å². The summed E-state index contributed by atoms with van der Waals surface area (Å²) in [5, 5.41) is 21.2. The maximum atomic E-state index is 9.71. The minimum absolute atomic E-state index is 0.186. The Hall–Kier alpha value is -2.44. The zero-order chi connectivity index (χ0) is 27.0. The predicted molar refractivity (Wildman–Crippen MR) is 151 cm³/mol. The van der Waals surface area contributed by atoms with Gasteiger partial charge in [0.15, 0.2) is 5.79 Å². The molecule has 6 atom stereocenters. The number of nitrogens with zero attached hydrogens (tertiary/aromatic N) is 3. The fourth-order valence-corrected chi connectivity index (χ4v) is 8.03. The third-order valence-corrected chi connectivity index (χ3v) is 9.62. The lowest BCUT2D eigenvalue weighted by Crippen LogP contribution is -2.59. The molecular weight excluding hydrogens is 512 g/mol. The highest BCUT2D eigenvalue weighted by Gasteiger charge is 2.55. The number of aromatic nitrogens is 2. The maximum absolute atomic E-state index is 9.71. The van der Waals surface area contributed by atoms with E-state index in [-0.39, 0.29) is 11.5 Å². The summed E-state index contributed by atoms with van der Waals surface area (Å²) < 4.78 is 11.7. The molecule has 1 saturated heterocycles. The van der Waals surface area contributed by atoms with Crippen LogP contribution in [-0.4, -0.2) is 47.6 Å². The molecular formula is C30H39ClN6O2. The molecule has 8 nitrogen and oxygen atoms in total. The summed E-state index contributed by atoms with van der Waals surface area (Å²) in [4.78, 5) is 9.03. The van der Waals surface area contributed by atoms with Crippen LogP contribution in [0.2, 0.25) is 5.02 Å². The highest BCUT2D eigenvalue weighted by Crippen LogP contribution is 2.60. The van der Waals surface area contributed by atoms with Gasteiger partial charge >= 0.3 is 0 Å². The molecule has 3 unspecified atom stereocenters. The van der Waals surface area contributed by atoms with E-state index in [1.54, 1.807) is 6.20 Å². The maximum Gasteiger partial charge on any atom is 0.224 e. The van der Waals surface area contributed by atoms with Crippen molar-refractivity contribution in [3.05, 3.63) is 46.6 Å². The van der Waals surface area contributed by atoms with Gasteiger partial charge in [0.1, 0.15) is 17.5 Å². The van der Waals surface area contributed by atoms with Gasteiger partial charge in [-0.2, -0.15) is 10.2 Å². The van der Waals surface area contributed by atoms with E-state index in [9.17, 15) is 5.26 Å². The molecule has 5 fully saturated rings. The minimum Gasteiger partial charge on any atom is -0.368 e. The highest BCUT2D eigenvalue weighted by atomic mass is 35.5. The Kier molecular flexibility index (Phi) is 7.45. The molecule has 4 bridgehead atoms. The third-order valence-electron chi connectivity index (χ3n) is 9.25. The van der Waals surface area contributed by atoms with E-state index in [2.05, 4.69) is 32.0 Å². The van der Waals surface area contributed by atoms with E-state index in [1.165, 1.54) is 32.1 Å². The van der Waals surface area contributed by atoms with Crippen LogP contribution in [0.3, 0.4) is 0 Å². The summed E-state index contributed by atoms with van der Waals surface area (Å²) in [7, 11) is 0. The van der Waals surface area contributed by atoms with Gasteiger partial charge in [-0.05, 0) is 93.7 Å². The largest absolute Gasteiger partial charge is 0.368 e. The molecule has 0 radical (unpaired) electrons. The molecule has 2 heterocycles. The van der Waals surface area contributed by atoms with Crippen LogP contribution in [0.15, 0.2) is 30.5 Å². The van der Waals surface area contributed by atoms with E-state index >= 15 is 0 Å². The fraction of sp³-hybridized carbons (Fsp3) is 0.633. The minimum atomic E-state index is -0.450. The zero-order valence-corrected chi connectivity index (χ0v) is 23.6. The Bertz CT molecular complexity index is 1220. The lowest BCUT2D eigenvalue weighted by atomic mass is 9.48. The first-order valence-corrected chi connectivity index (χ1v) is 14.7. The molecule has 0 spiro atoms. The Morgan fingerprint density at radius 1 is 1.13 bits per heavy atom. The van der Waals surface area contributed by atoms with Crippen LogP contribution in [0.5, 0.6) is 0 Å². The molecule has 1 aromatic heterocycles. The number of ether oxygens (including phenoxy) is 2. The molecule has 9 heteroatoms. The van der Waals surface area contributed by atoms with Crippen molar-refractivity contribution in [3.63, 3.8) is 0 Å². The number of halogens is 1. The average molecular weight is 551 g/mol. The van der Waals surface area contributed by atoms with E-state index in [1.807, 2.05) is 38.1 Å². The summed E-state index contributed by atoms with van der Waals surface area (Å²) in [6.45, 7) is 7.02. The number of benzene rings is 1. The third kappa shape index (κ3) is 5.88. The average Bonchev–Trinajstić information content (AvgIpc) is 3.26. The molecule has 4 saturated carbocycles.